The van der Waals surface area contributed by atoms with Gasteiger partial charge in [-0.25, -0.2) is 0 Å². The molecule has 1 fully saturated rings. The number of rotatable bonds is 7. The van der Waals surface area contributed by atoms with Crippen molar-refractivity contribution in [2.24, 2.45) is 0 Å². The lowest BCUT2D eigenvalue weighted by atomic mass is 9.96. The summed E-state index contributed by atoms with van der Waals surface area (Å²) in [6, 6.07) is 12.7. The molecular formula is C21H24ClNO4. The van der Waals surface area contributed by atoms with E-state index in [1.807, 2.05) is 54.3 Å². The first-order valence-electron chi connectivity index (χ1n) is 9.10. The molecule has 0 bridgehead atoms. The van der Waals surface area contributed by atoms with Crippen LogP contribution in [0.15, 0.2) is 42.5 Å². The first kappa shape index (κ1) is 19.5. The minimum atomic E-state index is -0.788. The average molecular weight is 390 g/mol. The van der Waals surface area contributed by atoms with Gasteiger partial charge in [0, 0.05) is 11.6 Å². The van der Waals surface area contributed by atoms with Crippen molar-refractivity contribution in [3.63, 3.8) is 0 Å². The lowest BCUT2D eigenvalue weighted by molar-refractivity contribution is -0.142. The molecule has 5 nitrogen and oxygen atoms in total. The standard InChI is InChI=1S/C21H24ClNO4/c1-3-27-18-11-8-15(13-19(18)26-2)20(14-6-9-16(22)10-7-14)23-12-4-5-17(23)21(24)25/h6-11,13,17,20H,3-5,12H2,1-2H3,(H,24,25). The van der Waals surface area contributed by atoms with Crippen LogP contribution in [0.4, 0.5) is 0 Å². The summed E-state index contributed by atoms with van der Waals surface area (Å²) in [6.07, 6.45) is 1.50. The summed E-state index contributed by atoms with van der Waals surface area (Å²) >= 11 is 6.06. The minimum absolute atomic E-state index is 0.199. The summed E-state index contributed by atoms with van der Waals surface area (Å²) in [5, 5.41) is 10.3. The fourth-order valence-corrected chi connectivity index (χ4v) is 3.84. The number of benzene rings is 2. The highest BCUT2D eigenvalue weighted by molar-refractivity contribution is 6.30. The van der Waals surface area contributed by atoms with E-state index < -0.39 is 12.0 Å². The van der Waals surface area contributed by atoms with E-state index in [1.54, 1.807) is 7.11 Å². The molecule has 2 unspecified atom stereocenters. The Labute approximate surface area is 164 Å². The van der Waals surface area contributed by atoms with Crippen molar-refractivity contribution in [3.05, 3.63) is 58.6 Å². The fraction of sp³-hybridized carbons (Fsp3) is 0.381. The predicted molar refractivity (Wildman–Crippen MR) is 105 cm³/mol. The van der Waals surface area contributed by atoms with Gasteiger partial charge in [-0.05, 0) is 55.2 Å². The van der Waals surface area contributed by atoms with Gasteiger partial charge in [0.25, 0.3) is 0 Å². The number of likely N-dealkylation sites (tertiary alicyclic amines) is 1. The molecule has 0 spiro atoms. The number of hydrogen-bond acceptors (Lipinski definition) is 4. The summed E-state index contributed by atoms with van der Waals surface area (Å²) in [5.41, 5.74) is 1.96. The van der Waals surface area contributed by atoms with Crippen LogP contribution in [-0.4, -0.2) is 42.3 Å². The van der Waals surface area contributed by atoms with Gasteiger partial charge in [-0.15, -0.1) is 0 Å². The Kier molecular flexibility index (Phi) is 6.24. The van der Waals surface area contributed by atoms with Gasteiger partial charge in [0.05, 0.1) is 19.8 Å². The molecule has 1 saturated heterocycles. The number of methoxy groups -OCH3 is 1. The second-order valence-corrected chi connectivity index (χ2v) is 6.97. The molecule has 2 atom stereocenters. The number of hydrogen-bond donors (Lipinski definition) is 1. The molecule has 3 rings (SSSR count). The highest BCUT2D eigenvalue weighted by Crippen LogP contribution is 2.39. The van der Waals surface area contributed by atoms with Crippen molar-refractivity contribution in [2.75, 3.05) is 20.3 Å². The number of ether oxygens (including phenoxy) is 2. The molecule has 0 saturated carbocycles. The molecule has 1 aliphatic rings. The van der Waals surface area contributed by atoms with Crippen LogP contribution in [0.2, 0.25) is 5.02 Å². The third kappa shape index (κ3) is 4.20. The summed E-state index contributed by atoms with van der Waals surface area (Å²) in [6.45, 7) is 3.19. The Bertz CT molecular complexity index is 793. The Hall–Kier alpha value is -2.24. The second kappa shape index (κ2) is 8.63. The van der Waals surface area contributed by atoms with E-state index in [2.05, 4.69) is 0 Å². The van der Waals surface area contributed by atoms with E-state index in [1.165, 1.54) is 0 Å². The van der Waals surface area contributed by atoms with Gasteiger partial charge < -0.3 is 14.6 Å². The second-order valence-electron chi connectivity index (χ2n) is 6.53. The van der Waals surface area contributed by atoms with Gasteiger partial charge in [0.2, 0.25) is 0 Å². The van der Waals surface area contributed by atoms with Crippen LogP contribution in [0.5, 0.6) is 11.5 Å². The van der Waals surface area contributed by atoms with Crippen LogP contribution in [0.3, 0.4) is 0 Å². The summed E-state index contributed by atoms with van der Waals surface area (Å²) in [7, 11) is 1.61. The maximum atomic E-state index is 11.8. The van der Waals surface area contributed by atoms with E-state index in [9.17, 15) is 9.90 Å². The lowest BCUT2D eigenvalue weighted by Gasteiger charge is -2.32. The van der Waals surface area contributed by atoms with Crippen molar-refractivity contribution >= 4 is 17.6 Å². The van der Waals surface area contributed by atoms with E-state index >= 15 is 0 Å². The quantitative estimate of drug-likeness (QED) is 0.761. The number of aliphatic carboxylic acids is 1. The van der Waals surface area contributed by atoms with Crippen molar-refractivity contribution in [2.45, 2.75) is 31.8 Å². The molecule has 0 amide bonds. The Morgan fingerprint density at radius 2 is 1.93 bits per heavy atom. The third-order valence-electron chi connectivity index (χ3n) is 4.90. The molecule has 0 radical (unpaired) electrons. The van der Waals surface area contributed by atoms with Crippen LogP contribution >= 0.6 is 11.6 Å². The van der Waals surface area contributed by atoms with Crippen LogP contribution in [0.1, 0.15) is 36.9 Å². The van der Waals surface area contributed by atoms with Gasteiger partial charge in [-0.3, -0.25) is 9.69 Å². The average Bonchev–Trinajstić information content (AvgIpc) is 3.14. The molecular weight excluding hydrogens is 366 g/mol. The molecule has 0 aliphatic carbocycles. The highest BCUT2D eigenvalue weighted by atomic mass is 35.5. The van der Waals surface area contributed by atoms with Gasteiger partial charge in [0.1, 0.15) is 6.04 Å². The summed E-state index contributed by atoms with van der Waals surface area (Å²) in [5.74, 6) is 0.526. The highest BCUT2D eigenvalue weighted by Gasteiger charge is 2.37. The number of carbonyl (C=O) groups is 1. The van der Waals surface area contributed by atoms with Gasteiger partial charge in [0.15, 0.2) is 11.5 Å². The van der Waals surface area contributed by atoms with Crippen LogP contribution < -0.4 is 9.47 Å². The monoisotopic (exact) mass is 389 g/mol. The molecule has 1 heterocycles. The number of halogens is 1. The predicted octanol–water partition coefficient (Wildman–Crippen LogP) is 4.39. The van der Waals surface area contributed by atoms with Gasteiger partial charge in [-0.2, -0.15) is 0 Å². The molecule has 27 heavy (non-hydrogen) atoms. The number of carboxylic acids is 1. The molecule has 2 aromatic rings. The van der Waals surface area contributed by atoms with E-state index in [0.29, 0.717) is 29.5 Å². The van der Waals surface area contributed by atoms with Crippen LogP contribution in [0.25, 0.3) is 0 Å². The van der Waals surface area contributed by atoms with Gasteiger partial charge >= 0.3 is 5.97 Å². The largest absolute Gasteiger partial charge is 0.493 e. The minimum Gasteiger partial charge on any atom is -0.493 e. The zero-order valence-electron chi connectivity index (χ0n) is 15.5. The maximum Gasteiger partial charge on any atom is 0.320 e. The third-order valence-corrected chi connectivity index (χ3v) is 5.15. The molecule has 2 aromatic carbocycles. The molecule has 0 aromatic heterocycles. The van der Waals surface area contributed by atoms with Crippen LogP contribution in [0, 0.1) is 0 Å². The zero-order chi connectivity index (χ0) is 19.4. The van der Waals surface area contributed by atoms with Gasteiger partial charge in [-0.1, -0.05) is 29.8 Å². The maximum absolute atomic E-state index is 11.8. The van der Waals surface area contributed by atoms with Crippen molar-refractivity contribution in [1.82, 2.24) is 4.90 Å². The molecule has 1 aliphatic heterocycles. The Balaban J connectivity index is 2.07. The van der Waals surface area contributed by atoms with Crippen molar-refractivity contribution < 1.29 is 19.4 Å². The fourth-order valence-electron chi connectivity index (χ4n) is 3.71. The first-order valence-corrected chi connectivity index (χ1v) is 9.47. The topological polar surface area (TPSA) is 59.0 Å². The van der Waals surface area contributed by atoms with E-state index in [-0.39, 0.29) is 6.04 Å². The van der Waals surface area contributed by atoms with Crippen LogP contribution in [-0.2, 0) is 4.79 Å². The summed E-state index contributed by atoms with van der Waals surface area (Å²) < 4.78 is 11.1. The molecule has 1 N–H and O–H groups in total. The zero-order valence-corrected chi connectivity index (χ0v) is 16.3. The SMILES string of the molecule is CCOc1ccc(C(c2ccc(Cl)cc2)N2CCCC2C(=O)O)cc1OC. The van der Waals surface area contributed by atoms with Crippen molar-refractivity contribution in [1.29, 1.82) is 0 Å². The Morgan fingerprint density at radius 3 is 2.56 bits per heavy atom. The van der Waals surface area contributed by atoms with E-state index in [4.69, 9.17) is 21.1 Å². The number of carboxylic acid groups (broad SMARTS) is 1. The first-order chi connectivity index (χ1) is 13.0. The Morgan fingerprint density at radius 1 is 1.22 bits per heavy atom. The lowest BCUT2D eigenvalue weighted by Crippen LogP contribution is -2.39. The number of nitrogens with zero attached hydrogens (tertiary/aromatic N) is 1. The molecule has 144 valence electrons. The molecule has 6 heteroatoms. The summed E-state index contributed by atoms with van der Waals surface area (Å²) in [4.78, 5) is 13.8. The van der Waals surface area contributed by atoms with E-state index in [0.717, 1.165) is 24.1 Å². The van der Waals surface area contributed by atoms with Crippen molar-refractivity contribution in [3.8, 4) is 11.5 Å². The normalized spacial score (nSPS) is 18.3. The smallest absolute Gasteiger partial charge is 0.320 e.